The van der Waals surface area contributed by atoms with E-state index in [4.69, 9.17) is 9.47 Å². The number of aliphatic hydroxyl groups excluding tert-OH is 2. The summed E-state index contributed by atoms with van der Waals surface area (Å²) in [5.74, 6) is 0. The van der Waals surface area contributed by atoms with Gasteiger partial charge in [0.05, 0.1) is 38.6 Å². The standard InChI is InChI=1S/C25H30O4/c26-22-15-23(27)25(19-29-17-21-11-5-2-6-12-21)14-8-7-13-24(22,25)18-28-16-20-9-3-1-4-10-20/h1-12,22-23,26-27H,13-19H2/t22-,23+,24-,25+. The number of allylic oxidation sites excluding steroid dienone is 2. The van der Waals surface area contributed by atoms with Gasteiger partial charge in [-0.1, -0.05) is 72.8 Å². The molecular formula is C25H30O4. The highest BCUT2D eigenvalue weighted by Gasteiger charge is 2.64. The molecule has 2 aromatic carbocycles. The van der Waals surface area contributed by atoms with E-state index in [0.717, 1.165) is 11.1 Å². The Labute approximate surface area is 172 Å². The molecular weight excluding hydrogens is 364 g/mol. The lowest BCUT2D eigenvalue weighted by Crippen LogP contribution is -2.54. The van der Waals surface area contributed by atoms with Crippen molar-refractivity contribution in [2.24, 2.45) is 10.8 Å². The first-order valence-corrected chi connectivity index (χ1v) is 10.4. The van der Waals surface area contributed by atoms with E-state index in [1.807, 2.05) is 60.7 Å². The molecule has 0 amide bonds. The van der Waals surface area contributed by atoms with E-state index in [0.29, 0.717) is 45.7 Å². The predicted octanol–water partition coefficient (Wildman–Crippen LogP) is 3.87. The number of hydrogen-bond donors (Lipinski definition) is 2. The van der Waals surface area contributed by atoms with Crippen LogP contribution in [0.3, 0.4) is 0 Å². The van der Waals surface area contributed by atoms with E-state index in [2.05, 4.69) is 12.2 Å². The molecule has 2 aliphatic rings. The van der Waals surface area contributed by atoms with Crippen molar-refractivity contribution in [2.45, 2.75) is 44.7 Å². The summed E-state index contributed by atoms with van der Waals surface area (Å²) in [5.41, 5.74) is 1.14. The SMILES string of the molecule is O[C@@H]1C[C@H](O)[C@@]2(COCc3ccccc3)CC=CC[C@@]12COCc1ccccc1. The molecule has 4 atom stereocenters. The normalized spacial score (nSPS) is 31.0. The molecule has 0 bridgehead atoms. The van der Waals surface area contributed by atoms with Crippen molar-refractivity contribution >= 4 is 0 Å². The molecule has 0 aliphatic heterocycles. The molecule has 0 heterocycles. The Hall–Kier alpha value is -1.98. The maximum atomic E-state index is 11.0. The van der Waals surface area contributed by atoms with Gasteiger partial charge in [0.1, 0.15) is 0 Å². The van der Waals surface area contributed by atoms with Gasteiger partial charge in [-0.25, -0.2) is 0 Å². The third-order valence-corrected chi connectivity index (χ3v) is 6.79. The summed E-state index contributed by atoms with van der Waals surface area (Å²) in [6, 6.07) is 20.1. The lowest BCUT2D eigenvalue weighted by atomic mass is 9.59. The van der Waals surface area contributed by atoms with Crippen LogP contribution < -0.4 is 0 Å². The van der Waals surface area contributed by atoms with Crippen LogP contribution in [0.4, 0.5) is 0 Å². The molecule has 4 rings (SSSR count). The van der Waals surface area contributed by atoms with Crippen molar-refractivity contribution in [3.05, 3.63) is 83.9 Å². The van der Waals surface area contributed by atoms with Gasteiger partial charge in [0.15, 0.2) is 0 Å². The minimum absolute atomic E-state index is 0.366. The lowest BCUT2D eigenvalue weighted by molar-refractivity contribution is -0.145. The fraction of sp³-hybridized carbons (Fsp3) is 0.440. The quantitative estimate of drug-likeness (QED) is 0.668. The highest BCUT2D eigenvalue weighted by atomic mass is 16.5. The smallest absolute Gasteiger partial charge is 0.0717 e. The predicted molar refractivity (Wildman–Crippen MR) is 112 cm³/mol. The van der Waals surface area contributed by atoms with Crippen molar-refractivity contribution in [3.63, 3.8) is 0 Å². The van der Waals surface area contributed by atoms with E-state index >= 15 is 0 Å². The van der Waals surface area contributed by atoms with Crippen LogP contribution in [-0.2, 0) is 22.7 Å². The number of rotatable bonds is 8. The monoisotopic (exact) mass is 394 g/mol. The van der Waals surface area contributed by atoms with Crippen LogP contribution >= 0.6 is 0 Å². The highest BCUT2D eigenvalue weighted by molar-refractivity contribution is 5.20. The Morgan fingerprint density at radius 2 is 1.10 bits per heavy atom. The van der Waals surface area contributed by atoms with E-state index < -0.39 is 23.0 Å². The Morgan fingerprint density at radius 3 is 1.52 bits per heavy atom. The third kappa shape index (κ3) is 3.90. The Bertz CT molecular complexity index is 739. The number of fused-ring (bicyclic) bond motifs is 1. The highest BCUT2D eigenvalue weighted by Crippen LogP contribution is 2.59. The van der Waals surface area contributed by atoms with Crippen LogP contribution in [0.5, 0.6) is 0 Å². The average molecular weight is 395 g/mol. The zero-order valence-corrected chi connectivity index (χ0v) is 16.7. The largest absolute Gasteiger partial charge is 0.392 e. The lowest BCUT2D eigenvalue weighted by Gasteiger charge is -2.49. The molecule has 0 spiro atoms. The van der Waals surface area contributed by atoms with Gasteiger partial charge in [-0.05, 0) is 24.0 Å². The van der Waals surface area contributed by atoms with Gasteiger partial charge in [-0.2, -0.15) is 0 Å². The van der Waals surface area contributed by atoms with Crippen molar-refractivity contribution in [3.8, 4) is 0 Å². The molecule has 1 fully saturated rings. The first kappa shape index (κ1) is 20.3. The summed E-state index contributed by atoms with van der Waals surface area (Å²) in [6.07, 6.45) is 4.75. The maximum absolute atomic E-state index is 11.0. The van der Waals surface area contributed by atoms with Crippen LogP contribution in [0.15, 0.2) is 72.8 Å². The second kappa shape index (κ2) is 8.80. The molecule has 154 valence electrons. The number of hydrogen-bond acceptors (Lipinski definition) is 4. The van der Waals surface area contributed by atoms with E-state index in [1.165, 1.54) is 0 Å². The average Bonchev–Trinajstić information content (AvgIpc) is 2.97. The summed E-state index contributed by atoms with van der Waals surface area (Å²) in [7, 11) is 0. The summed E-state index contributed by atoms with van der Waals surface area (Å²) >= 11 is 0. The maximum Gasteiger partial charge on any atom is 0.0717 e. The minimum Gasteiger partial charge on any atom is -0.392 e. The van der Waals surface area contributed by atoms with Gasteiger partial charge < -0.3 is 19.7 Å². The molecule has 2 aromatic rings. The summed E-state index contributed by atoms with van der Waals surface area (Å²) in [5, 5.41) is 22.0. The molecule has 0 aromatic heterocycles. The Morgan fingerprint density at radius 1 is 0.690 bits per heavy atom. The molecule has 0 saturated heterocycles. The second-order valence-corrected chi connectivity index (χ2v) is 8.42. The fourth-order valence-corrected chi connectivity index (χ4v) is 5.04. The van der Waals surface area contributed by atoms with Crippen molar-refractivity contribution in [1.82, 2.24) is 0 Å². The Kier molecular flexibility index (Phi) is 6.16. The van der Waals surface area contributed by atoms with Crippen molar-refractivity contribution in [1.29, 1.82) is 0 Å². The van der Waals surface area contributed by atoms with Crippen LogP contribution in [0.2, 0.25) is 0 Å². The summed E-state index contributed by atoms with van der Waals surface area (Å²) in [6.45, 7) is 1.80. The molecule has 29 heavy (non-hydrogen) atoms. The van der Waals surface area contributed by atoms with Crippen molar-refractivity contribution in [2.75, 3.05) is 13.2 Å². The number of aliphatic hydroxyl groups is 2. The fourth-order valence-electron chi connectivity index (χ4n) is 5.04. The van der Waals surface area contributed by atoms with Crippen LogP contribution in [0.25, 0.3) is 0 Å². The van der Waals surface area contributed by atoms with Crippen LogP contribution in [0, 0.1) is 10.8 Å². The van der Waals surface area contributed by atoms with Crippen molar-refractivity contribution < 1.29 is 19.7 Å². The summed E-state index contributed by atoms with van der Waals surface area (Å²) < 4.78 is 12.2. The molecule has 4 nitrogen and oxygen atoms in total. The first-order chi connectivity index (χ1) is 14.2. The van der Waals surface area contributed by atoms with Gasteiger partial charge in [0.25, 0.3) is 0 Å². The zero-order chi connectivity index (χ0) is 20.2. The van der Waals surface area contributed by atoms with E-state index in [1.54, 1.807) is 0 Å². The number of benzene rings is 2. The van der Waals surface area contributed by atoms with Crippen LogP contribution in [0.1, 0.15) is 30.4 Å². The molecule has 1 saturated carbocycles. The summed E-state index contributed by atoms with van der Waals surface area (Å²) in [4.78, 5) is 0. The van der Waals surface area contributed by atoms with E-state index in [9.17, 15) is 10.2 Å². The Balaban J connectivity index is 1.49. The number of ether oxygens (including phenoxy) is 2. The molecule has 4 heteroatoms. The molecule has 2 N–H and O–H groups in total. The third-order valence-electron chi connectivity index (χ3n) is 6.79. The van der Waals surface area contributed by atoms with Gasteiger partial charge in [-0.3, -0.25) is 0 Å². The van der Waals surface area contributed by atoms with Crippen LogP contribution in [-0.4, -0.2) is 35.6 Å². The van der Waals surface area contributed by atoms with Gasteiger partial charge in [0, 0.05) is 17.3 Å². The topological polar surface area (TPSA) is 58.9 Å². The molecule has 2 aliphatic carbocycles. The first-order valence-electron chi connectivity index (χ1n) is 10.4. The van der Waals surface area contributed by atoms with Gasteiger partial charge in [-0.15, -0.1) is 0 Å². The molecule has 0 unspecified atom stereocenters. The van der Waals surface area contributed by atoms with E-state index in [-0.39, 0.29) is 0 Å². The second-order valence-electron chi connectivity index (χ2n) is 8.42. The van der Waals surface area contributed by atoms with Gasteiger partial charge in [0.2, 0.25) is 0 Å². The zero-order valence-electron chi connectivity index (χ0n) is 16.7. The van der Waals surface area contributed by atoms with Gasteiger partial charge >= 0.3 is 0 Å². The minimum atomic E-state index is -0.612. The molecule has 0 radical (unpaired) electrons.